The van der Waals surface area contributed by atoms with E-state index in [2.05, 4.69) is 18.2 Å². The van der Waals surface area contributed by atoms with Crippen molar-refractivity contribution < 1.29 is 9.90 Å². The Kier molecular flexibility index (Phi) is 3.53. The molecule has 18 heavy (non-hydrogen) atoms. The van der Waals surface area contributed by atoms with Crippen LogP contribution < -0.4 is 0 Å². The molecule has 0 saturated carbocycles. The molecule has 0 aliphatic heterocycles. The maximum absolute atomic E-state index is 10.9. The van der Waals surface area contributed by atoms with Crippen molar-refractivity contribution in [2.45, 2.75) is 25.7 Å². The third-order valence-electron chi connectivity index (χ3n) is 2.92. The van der Waals surface area contributed by atoms with Crippen molar-refractivity contribution in [2.75, 3.05) is 0 Å². The quantitative estimate of drug-likeness (QED) is 0.896. The topological polar surface area (TPSA) is 37.3 Å². The summed E-state index contributed by atoms with van der Waals surface area (Å²) in [6.07, 6.45) is 0.155. The predicted molar refractivity (Wildman–Crippen MR) is 75.0 cm³/mol. The van der Waals surface area contributed by atoms with Crippen LogP contribution in [0, 0.1) is 0 Å². The molecule has 3 heteroatoms. The first-order valence-electron chi connectivity index (χ1n) is 5.86. The molecule has 0 radical (unpaired) electrons. The molecule has 0 amide bonds. The molecule has 0 aliphatic rings. The van der Waals surface area contributed by atoms with Crippen LogP contribution in [0.5, 0.6) is 0 Å². The van der Waals surface area contributed by atoms with Crippen LogP contribution in [-0.2, 0) is 10.2 Å². The lowest BCUT2D eigenvalue weighted by atomic mass is 9.88. The van der Waals surface area contributed by atoms with Crippen molar-refractivity contribution in [2.24, 2.45) is 0 Å². The largest absolute Gasteiger partial charge is 0.481 e. The number of carboxylic acid groups (broad SMARTS) is 1. The van der Waals surface area contributed by atoms with Gasteiger partial charge in [-0.2, -0.15) is 0 Å². The number of hydrogen-bond acceptors (Lipinski definition) is 2. The summed E-state index contributed by atoms with van der Waals surface area (Å²) in [5, 5.41) is 8.94. The molecular formula is C15H16O2S. The zero-order valence-corrected chi connectivity index (χ0v) is 11.3. The van der Waals surface area contributed by atoms with Crippen LogP contribution in [0.2, 0.25) is 0 Å². The van der Waals surface area contributed by atoms with Gasteiger partial charge in [0.25, 0.3) is 0 Å². The summed E-state index contributed by atoms with van der Waals surface area (Å²) in [7, 11) is 0. The molecule has 1 heterocycles. The van der Waals surface area contributed by atoms with E-state index in [-0.39, 0.29) is 11.8 Å². The van der Waals surface area contributed by atoms with Gasteiger partial charge in [0, 0.05) is 15.2 Å². The van der Waals surface area contributed by atoms with Gasteiger partial charge in [-0.1, -0.05) is 44.2 Å². The Morgan fingerprint density at radius 1 is 1.17 bits per heavy atom. The van der Waals surface area contributed by atoms with E-state index >= 15 is 0 Å². The van der Waals surface area contributed by atoms with Crippen LogP contribution in [0.4, 0.5) is 0 Å². The molecule has 1 aromatic heterocycles. The maximum Gasteiger partial charge on any atom is 0.304 e. The van der Waals surface area contributed by atoms with E-state index in [0.717, 1.165) is 4.88 Å². The minimum Gasteiger partial charge on any atom is -0.481 e. The molecule has 2 aromatic rings. The second kappa shape index (κ2) is 4.94. The zero-order chi connectivity index (χ0) is 13.2. The molecule has 0 bridgehead atoms. The van der Waals surface area contributed by atoms with Gasteiger partial charge in [0.15, 0.2) is 0 Å². The number of aliphatic carboxylic acids is 1. The van der Waals surface area contributed by atoms with Crippen LogP contribution in [0.25, 0.3) is 10.4 Å². The van der Waals surface area contributed by atoms with E-state index < -0.39 is 5.97 Å². The van der Waals surface area contributed by atoms with Gasteiger partial charge in [-0.3, -0.25) is 4.79 Å². The van der Waals surface area contributed by atoms with Crippen molar-refractivity contribution in [1.29, 1.82) is 0 Å². The molecule has 0 fully saturated rings. The summed E-state index contributed by atoms with van der Waals surface area (Å²) < 4.78 is 0. The second-order valence-corrected chi connectivity index (χ2v) is 6.07. The van der Waals surface area contributed by atoms with Crippen LogP contribution in [0.15, 0.2) is 42.5 Å². The standard InChI is InChI=1S/C15H16O2S/c1-15(2,10-14(16)17)13-9-8-12(18-13)11-6-4-3-5-7-11/h3-9H,10H2,1-2H3,(H,16,17). The smallest absolute Gasteiger partial charge is 0.304 e. The van der Waals surface area contributed by atoms with Gasteiger partial charge in [0.05, 0.1) is 6.42 Å². The maximum atomic E-state index is 10.9. The first-order valence-corrected chi connectivity index (χ1v) is 6.68. The van der Waals surface area contributed by atoms with Gasteiger partial charge < -0.3 is 5.11 Å². The molecule has 1 N–H and O–H groups in total. The molecule has 94 valence electrons. The number of rotatable bonds is 4. The molecular weight excluding hydrogens is 244 g/mol. The fraction of sp³-hybridized carbons (Fsp3) is 0.267. The lowest BCUT2D eigenvalue weighted by Gasteiger charge is -2.20. The van der Waals surface area contributed by atoms with E-state index in [4.69, 9.17) is 5.11 Å². The monoisotopic (exact) mass is 260 g/mol. The highest BCUT2D eigenvalue weighted by atomic mass is 32.1. The normalized spacial score (nSPS) is 11.4. The van der Waals surface area contributed by atoms with Crippen LogP contribution >= 0.6 is 11.3 Å². The van der Waals surface area contributed by atoms with Crippen molar-refractivity contribution >= 4 is 17.3 Å². The Morgan fingerprint density at radius 2 is 1.83 bits per heavy atom. The fourth-order valence-corrected chi connectivity index (χ4v) is 3.04. The fourth-order valence-electron chi connectivity index (χ4n) is 1.92. The molecule has 1 aromatic carbocycles. The predicted octanol–water partition coefficient (Wildman–Crippen LogP) is 4.17. The van der Waals surface area contributed by atoms with Gasteiger partial charge in [0.1, 0.15) is 0 Å². The Balaban J connectivity index is 2.28. The molecule has 0 saturated heterocycles. The SMILES string of the molecule is CC(C)(CC(=O)O)c1ccc(-c2ccccc2)s1. The van der Waals surface area contributed by atoms with E-state index in [1.165, 1.54) is 10.4 Å². The minimum atomic E-state index is -0.755. The molecule has 0 aliphatic carbocycles. The van der Waals surface area contributed by atoms with Crippen LogP contribution in [0.3, 0.4) is 0 Å². The highest BCUT2D eigenvalue weighted by Crippen LogP contribution is 2.36. The van der Waals surface area contributed by atoms with Crippen LogP contribution in [-0.4, -0.2) is 11.1 Å². The van der Waals surface area contributed by atoms with Gasteiger partial charge in [-0.15, -0.1) is 11.3 Å². The number of carboxylic acids is 1. The lowest BCUT2D eigenvalue weighted by molar-refractivity contribution is -0.138. The molecule has 0 unspecified atom stereocenters. The highest BCUT2D eigenvalue weighted by Gasteiger charge is 2.25. The van der Waals surface area contributed by atoms with Crippen LogP contribution in [0.1, 0.15) is 25.1 Å². The third kappa shape index (κ3) is 2.79. The van der Waals surface area contributed by atoms with Crippen molar-refractivity contribution in [1.82, 2.24) is 0 Å². The molecule has 0 atom stereocenters. The first-order chi connectivity index (χ1) is 8.49. The molecule has 2 rings (SSSR count). The van der Waals surface area contributed by atoms with Gasteiger partial charge >= 0.3 is 5.97 Å². The van der Waals surface area contributed by atoms with E-state index in [1.54, 1.807) is 11.3 Å². The number of hydrogen-bond donors (Lipinski definition) is 1. The number of carbonyl (C=O) groups is 1. The van der Waals surface area contributed by atoms with E-state index in [9.17, 15) is 4.79 Å². The first kappa shape index (κ1) is 12.8. The zero-order valence-electron chi connectivity index (χ0n) is 10.5. The Hall–Kier alpha value is -1.61. The van der Waals surface area contributed by atoms with Crippen molar-refractivity contribution in [3.8, 4) is 10.4 Å². The summed E-state index contributed by atoms with van der Waals surface area (Å²) in [6, 6.07) is 14.3. The molecule has 2 nitrogen and oxygen atoms in total. The van der Waals surface area contributed by atoms with E-state index in [1.807, 2.05) is 38.1 Å². The average molecular weight is 260 g/mol. The van der Waals surface area contributed by atoms with Crippen molar-refractivity contribution in [3.05, 3.63) is 47.3 Å². The van der Waals surface area contributed by atoms with Gasteiger partial charge in [-0.25, -0.2) is 0 Å². The second-order valence-electron chi connectivity index (χ2n) is 4.98. The third-order valence-corrected chi connectivity index (χ3v) is 4.42. The Labute approximate surface area is 111 Å². The summed E-state index contributed by atoms with van der Waals surface area (Å²) in [5.41, 5.74) is 0.864. The number of benzene rings is 1. The Morgan fingerprint density at radius 3 is 2.44 bits per heavy atom. The lowest BCUT2D eigenvalue weighted by Crippen LogP contribution is -2.20. The van der Waals surface area contributed by atoms with Gasteiger partial charge in [-0.05, 0) is 17.7 Å². The molecule has 0 spiro atoms. The van der Waals surface area contributed by atoms with E-state index in [0.29, 0.717) is 0 Å². The highest BCUT2D eigenvalue weighted by molar-refractivity contribution is 7.15. The average Bonchev–Trinajstić information content (AvgIpc) is 2.78. The summed E-state index contributed by atoms with van der Waals surface area (Å²) in [4.78, 5) is 13.2. The summed E-state index contributed by atoms with van der Waals surface area (Å²) in [5.74, 6) is -0.755. The van der Waals surface area contributed by atoms with Gasteiger partial charge in [0.2, 0.25) is 0 Å². The minimum absolute atomic E-state index is 0.155. The number of thiophene rings is 1. The van der Waals surface area contributed by atoms with Crippen molar-refractivity contribution in [3.63, 3.8) is 0 Å². The summed E-state index contributed by atoms with van der Waals surface area (Å²) in [6.45, 7) is 3.95. The Bertz CT molecular complexity index is 541. The summed E-state index contributed by atoms with van der Waals surface area (Å²) >= 11 is 1.67.